The number of carbonyl (C=O) groups is 3. The third-order valence-corrected chi connectivity index (χ3v) is 6.37. The first-order valence-electron chi connectivity index (χ1n) is 10.5. The van der Waals surface area contributed by atoms with Crippen molar-refractivity contribution in [2.45, 2.75) is 31.3 Å². The van der Waals surface area contributed by atoms with Crippen molar-refractivity contribution in [1.82, 2.24) is 15.6 Å². The molecule has 0 radical (unpaired) electrons. The molecule has 2 atom stereocenters. The number of hydrogen-bond acceptors (Lipinski definition) is 6. The summed E-state index contributed by atoms with van der Waals surface area (Å²) < 4.78 is 5.53. The zero-order valence-electron chi connectivity index (χ0n) is 17.9. The zero-order chi connectivity index (χ0) is 23.4. The molecule has 0 saturated heterocycles. The average molecular weight is 466 g/mol. The predicted molar refractivity (Wildman–Crippen MR) is 123 cm³/mol. The summed E-state index contributed by atoms with van der Waals surface area (Å²) in [4.78, 5) is 41.2. The summed E-state index contributed by atoms with van der Waals surface area (Å²) in [6, 6.07) is 13.9. The minimum Gasteiger partial charge on any atom is -0.480 e. The lowest BCUT2D eigenvalue weighted by atomic mass is 9.98. The molecule has 0 fully saturated rings. The van der Waals surface area contributed by atoms with Gasteiger partial charge in [0.2, 0.25) is 5.91 Å². The lowest BCUT2D eigenvalue weighted by Gasteiger charge is -2.20. The van der Waals surface area contributed by atoms with Crippen LogP contribution in [0.1, 0.15) is 28.8 Å². The molecule has 1 heterocycles. The number of amides is 2. The number of benzene rings is 2. The minimum atomic E-state index is -1.17. The molecule has 2 amide bonds. The van der Waals surface area contributed by atoms with Gasteiger partial charge in [0.05, 0.1) is 5.51 Å². The van der Waals surface area contributed by atoms with Gasteiger partial charge in [-0.1, -0.05) is 48.5 Å². The Morgan fingerprint density at radius 2 is 1.70 bits per heavy atom. The van der Waals surface area contributed by atoms with E-state index in [0.29, 0.717) is 0 Å². The van der Waals surface area contributed by atoms with E-state index in [0.717, 1.165) is 27.1 Å². The first-order valence-corrected chi connectivity index (χ1v) is 11.3. The molecule has 0 spiro atoms. The van der Waals surface area contributed by atoms with Crippen LogP contribution in [-0.4, -0.2) is 46.8 Å². The summed E-state index contributed by atoms with van der Waals surface area (Å²) in [5.41, 5.74) is 6.03. The molecule has 1 aromatic heterocycles. The number of thiazole rings is 1. The van der Waals surface area contributed by atoms with E-state index in [2.05, 4.69) is 15.6 Å². The van der Waals surface area contributed by atoms with Crippen LogP contribution in [0.3, 0.4) is 0 Å². The molecule has 1 aliphatic carbocycles. The zero-order valence-corrected chi connectivity index (χ0v) is 18.7. The van der Waals surface area contributed by atoms with Crippen LogP contribution < -0.4 is 10.6 Å². The van der Waals surface area contributed by atoms with Crippen molar-refractivity contribution in [1.29, 1.82) is 0 Å². The molecule has 0 saturated carbocycles. The minimum absolute atomic E-state index is 0.107. The van der Waals surface area contributed by atoms with Crippen LogP contribution in [0.15, 0.2) is 60.2 Å². The smallest absolute Gasteiger partial charge is 0.407 e. The molecule has 8 nitrogen and oxygen atoms in total. The number of rotatable bonds is 8. The summed E-state index contributed by atoms with van der Waals surface area (Å²) in [6.07, 6.45) is 1.03. The van der Waals surface area contributed by atoms with Gasteiger partial charge < -0.3 is 20.5 Å². The highest BCUT2D eigenvalue weighted by Gasteiger charge is 2.30. The van der Waals surface area contributed by atoms with E-state index in [4.69, 9.17) is 9.84 Å². The molecule has 2 unspecified atom stereocenters. The van der Waals surface area contributed by atoms with Gasteiger partial charge in [-0.25, -0.2) is 4.79 Å². The fourth-order valence-corrected chi connectivity index (χ4v) is 4.55. The number of carboxylic acid groups (broad SMARTS) is 1. The van der Waals surface area contributed by atoms with Gasteiger partial charge in [0.15, 0.2) is 0 Å². The van der Waals surface area contributed by atoms with Gasteiger partial charge in [-0.05, 0) is 29.2 Å². The quantitative estimate of drug-likeness (QED) is 0.470. The molecule has 3 N–H and O–H groups in total. The van der Waals surface area contributed by atoms with Crippen LogP contribution in [-0.2, 0) is 20.7 Å². The topological polar surface area (TPSA) is 118 Å². The standard InChI is InChI=1S/C24H23N3O5S/c1-14(23(29)30)26-22(28)21(10-15-11-25-13-33-15)27-24(31)32-12-20-18-8-4-2-6-16(18)17-7-3-5-9-19(17)20/h2-9,11,13-14,20-21H,10,12H2,1H3,(H,26,28)(H,27,31)(H,29,30). The maximum absolute atomic E-state index is 12.6. The molecular formula is C24H23N3O5S. The van der Waals surface area contributed by atoms with Crippen molar-refractivity contribution in [2.75, 3.05) is 6.61 Å². The number of fused-ring (bicyclic) bond motifs is 3. The summed E-state index contributed by atoms with van der Waals surface area (Å²) >= 11 is 1.34. The van der Waals surface area contributed by atoms with Crippen LogP contribution in [0.4, 0.5) is 4.79 Å². The van der Waals surface area contributed by atoms with Crippen LogP contribution in [0.5, 0.6) is 0 Å². The normalized spacial score (nSPS) is 14.0. The van der Waals surface area contributed by atoms with E-state index in [-0.39, 0.29) is 18.9 Å². The van der Waals surface area contributed by atoms with E-state index in [1.165, 1.54) is 18.3 Å². The fourth-order valence-electron chi connectivity index (χ4n) is 3.91. The van der Waals surface area contributed by atoms with E-state index in [1.54, 1.807) is 11.7 Å². The number of ether oxygens (including phenoxy) is 1. The molecule has 0 bridgehead atoms. The second-order valence-corrected chi connectivity index (χ2v) is 8.73. The Balaban J connectivity index is 1.44. The van der Waals surface area contributed by atoms with Crippen LogP contribution >= 0.6 is 11.3 Å². The average Bonchev–Trinajstić information content (AvgIpc) is 3.43. The van der Waals surface area contributed by atoms with Crippen LogP contribution in [0, 0.1) is 0 Å². The van der Waals surface area contributed by atoms with Gasteiger partial charge in [-0.2, -0.15) is 0 Å². The summed E-state index contributed by atoms with van der Waals surface area (Å²) in [5.74, 6) is -1.88. The molecule has 4 rings (SSSR count). The predicted octanol–water partition coefficient (Wildman–Crippen LogP) is 3.18. The Bertz CT molecular complexity index is 1120. The number of carboxylic acids is 1. The Labute approximate surface area is 194 Å². The molecule has 9 heteroatoms. The summed E-state index contributed by atoms with van der Waals surface area (Å²) in [7, 11) is 0. The van der Waals surface area contributed by atoms with Crippen molar-refractivity contribution in [3.05, 3.63) is 76.2 Å². The Morgan fingerprint density at radius 3 is 2.27 bits per heavy atom. The van der Waals surface area contributed by atoms with Crippen LogP contribution in [0.2, 0.25) is 0 Å². The molecule has 33 heavy (non-hydrogen) atoms. The van der Waals surface area contributed by atoms with Crippen molar-refractivity contribution in [2.24, 2.45) is 0 Å². The van der Waals surface area contributed by atoms with Crippen molar-refractivity contribution in [3.63, 3.8) is 0 Å². The van der Waals surface area contributed by atoms with Gasteiger partial charge in [-0.15, -0.1) is 11.3 Å². The molecule has 1 aliphatic rings. The van der Waals surface area contributed by atoms with Gasteiger partial charge in [-0.3, -0.25) is 14.6 Å². The first-order chi connectivity index (χ1) is 15.9. The Hall–Kier alpha value is -3.72. The molecular weight excluding hydrogens is 442 g/mol. The number of nitrogens with one attached hydrogen (secondary N) is 2. The van der Waals surface area contributed by atoms with Gasteiger partial charge >= 0.3 is 12.1 Å². The monoisotopic (exact) mass is 465 g/mol. The lowest BCUT2D eigenvalue weighted by Crippen LogP contribution is -2.51. The van der Waals surface area contributed by atoms with Gasteiger partial charge in [0, 0.05) is 23.4 Å². The van der Waals surface area contributed by atoms with E-state index >= 15 is 0 Å². The number of hydrogen-bond donors (Lipinski definition) is 3. The van der Waals surface area contributed by atoms with Crippen LogP contribution in [0.25, 0.3) is 11.1 Å². The number of aromatic nitrogens is 1. The summed E-state index contributed by atoms with van der Waals surface area (Å²) in [6.45, 7) is 1.47. The maximum atomic E-state index is 12.6. The van der Waals surface area contributed by atoms with E-state index in [1.807, 2.05) is 48.5 Å². The summed E-state index contributed by atoms with van der Waals surface area (Å²) in [5, 5.41) is 14.1. The SMILES string of the molecule is CC(NC(=O)C(Cc1cncs1)NC(=O)OCC1c2ccccc2-c2ccccc21)C(=O)O. The Morgan fingerprint density at radius 1 is 1.06 bits per heavy atom. The first kappa shape index (κ1) is 22.5. The second kappa shape index (κ2) is 9.83. The molecule has 0 aliphatic heterocycles. The van der Waals surface area contributed by atoms with Crippen molar-refractivity contribution in [3.8, 4) is 11.1 Å². The van der Waals surface area contributed by atoms with Crippen molar-refractivity contribution >= 4 is 29.3 Å². The maximum Gasteiger partial charge on any atom is 0.407 e. The van der Waals surface area contributed by atoms with Gasteiger partial charge in [0.25, 0.3) is 0 Å². The number of carbonyl (C=O) groups excluding carboxylic acids is 2. The lowest BCUT2D eigenvalue weighted by molar-refractivity contribution is -0.141. The largest absolute Gasteiger partial charge is 0.480 e. The highest BCUT2D eigenvalue weighted by molar-refractivity contribution is 7.09. The number of alkyl carbamates (subject to hydrolysis) is 1. The third-order valence-electron chi connectivity index (χ3n) is 5.57. The number of aliphatic carboxylic acids is 1. The van der Waals surface area contributed by atoms with Gasteiger partial charge in [0.1, 0.15) is 18.7 Å². The van der Waals surface area contributed by atoms with E-state index in [9.17, 15) is 14.4 Å². The highest BCUT2D eigenvalue weighted by atomic mass is 32.1. The third kappa shape index (κ3) is 5.04. The molecule has 3 aromatic rings. The fraction of sp³-hybridized carbons (Fsp3) is 0.250. The second-order valence-electron chi connectivity index (χ2n) is 7.76. The Kier molecular flexibility index (Phi) is 6.69. The number of nitrogens with zero attached hydrogens (tertiary/aromatic N) is 1. The molecule has 170 valence electrons. The van der Waals surface area contributed by atoms with Crippen molar-refractivity contribution < 1.29 is 24.2 Å². The molecule has 2 aromatic carbocycles. The highest BCUT2D eigenvalue weighted by Crippen LogP contribution is 2.44. The van der Waals surface area contributed by atoms with E-state index < -0.39 is 30.1 Å².